The van der Waals surface area contributed by atoms with Gasteiger partial charge in [0.05, 0.1) is 0 Å². The fourth-order valence-electron chi connectivity index (χ4n) is 2.15. The molecule has 16 heavy (non-hydrogen) atoms. The van der Waals surface area contributed by atoms with Crippen molar-refractivity contribution in [1.29, 1.82) is 0 Å². The predicted octanol–water partition coefficient (Wildman–Crippen LogP) is 1.98. The van der Waals surface area contributed by atoms with Crippen LogP contribution in [0, 0.1) is 4.77 Å². The van der Waals surface area contributed by atoms with Gasteiger partial charge in [-0.05, 0) is 31.5 Å². The van der Waals surface area contributed by atoms with Gasteiger partial charge in [0.25, 0.3) is 0 Å². The van der Waals surface area contributed by atoms with E-state index in [1.807, 2.05) is 0 Å². The molecule has 90 valence electrons. The van der Waals surface area contributed by atoms with Crippen molar-refractivity contribution in [2.24, 2.45) is 0 Å². The molecular weight excluding hydrogens is 242 g/mol. The van der Waals surface area contributed by atoms with Crippen LogP contribution in [0.3, 0.4) is 0 Å². The Bertz CT molecular complexity index is 428. The molecule has 1 saturated heterocycles. The van der Waals surface area contributed by atoms with E-state index in [-0.39, 0.29) is 0 Å². The van der Waals surface area contributed by atoms with Crippen molar-refractivity contribution in [2.75, 3.05) is 11.5 Å². The van der Waals surface area contributed by atoms with Crippen LogP contribution in [0.25, 0.3) is 0 Å². The van der Waals surface area contributed by atoms with Gasteiger partial charge in [-0.25, -0.2) is 0 Å². The largest absolute Gasteiger partial charge is 0.301 e. The van der Waals surface area contributed by atoms with E-state index in [1.54, 1.807) is 0 Å². The van der Waals surface area contributed by atoms with E-state index in [4.69, 9.17) is 12.2 Å². The summed E-state index contributed by atoms with van der Waals surface area (Å²) in [6, 6.07) is 0.394. The van der Waals surface area contributed by atoms with Crippen LogP contribution in [-0.2, 0) is 17.2 Å². The van der Waals surface area contributed by atoms with Crippen LogP contribution in [0.4, 0.5) is 0 Å². The summed E-state index contributed by atoms with van der Waals surface area (Å²) in [5, 5.41) is 7.14. The standard InChI is InChI=1S/C10H17N3OS2/c1-2-3-9-11-12-10(15)13(9)8-4-6-16(14)7-5-8/h8H,2-7H2,1H3,(H,12,15). The van der Waals surface area contributed by atoms with Gasteiger partial charge >= 0.3 is 0 Å². The number of aromatic nitrogens is 3. The first kappa shape index (κ1) is 12.0. The third-order valence-electron chi connectivity index (χ3n) is 2.97. The van der Waals surface area contributed by atoms with E-state index in [0.29, 0.717) is 10.8 Å². The Morgan fingerprint density at radius 2 is 2.25 bits per heavy atom. The van der Waals surface area contributed by atoms with E-state index in [0.717, 1.165) is 43.0 Å². The van der Waals surface area contributed by atoms with Crippen molar-refractivity contribution in [1.82, 2.24) is 14.8 Å². The number of hydrogen-bond donors (Lipinski definition) is 1. The molecule has 1 aromatic heterocycles. The summed E-state index contributed by atoms with van der Waals surface area (Å²) in [4.78, 5) is 0. The predicted molar refractivity (Wildman–Crippen MR) is 67.6 cm³/mol. The van der Waals surface area contributed by atoms with Crippen LogP contribution in [0.2, 0.25) is 0 Å². The van der Waals surface area contributed by atoms with Crippen molar-refractivity contribution in [3.63, 3.8) is 0 Å². The molecule has 0 atom stereocenters. The zero-order chi connectivity index (χ0) is 11.5. The molecule has 2 rings (SSSR count). The first-order chi connectivity index (χ1) is 7.72. The highest BCUT2D eigenvalue weighted by atomic mass is 32.2. The Labute approximate surface area is 103 Å². The van der Waals surface area contributed by atoms with E-state index >= 15 is 0 Å². The molecule has 0 unspecified atom stereocenters. The minimum atomic E-state index is -0.617. The summed E-state index contributed by atoms with van der Waals surface area (Å²) in [7, 11) is -0.617. The number of hydrogen-bond acceptors (Lipinski definition) is 3. The summed E-state index contributed by atoms with van der Waals surface area (Å²) < 4.78 is 14.2. The molecule has 0 saturated carbocycles. The number of H-pyrrole nitrogens is 1. The lowest BCUT2D eigenvalue weighted by molar-refractivity contribution is 0.441. The molecule has 0 radical (unpaired) electrons. The smallest absolute Gasteiger partial charge is 0.195 e. The molecule has 0 aliphatic carbocycles. The summed E-state index contributed by atoms with van der Waals surface area (Å²) in [5.41, 5.74) is 0. The maximum absolute atomic E-state index is 11.3. The van der Waals surface area contributed by atoms with Crippen molar-refractivity contribution in [3.8, 4) is 0 Å². The quantitative estimate of drug-likeness (QED) is 0.844. The monoisotopic (exact) mass is 259 g/mol. The van der Waals surface area contributed by atoms with Crippen molar-refractivity contribution in [3.05, 3.63) is 10.6 Å². The Morgan fingerprint density at radius 1 is 1.56 bits per heavy atom. The lowest BCUT2D eigenvalue weighted by Gasteiger charge is -2.23. The van der Waals surface area contributed by atoms with Crippen molar-refractivity contribution >= 4 is 23.0 Å². The molecule has 0 bridgehead atoms. The maximum Gasteiger partial charge on any atom is 0.195 e. The normalized spacial score (nSPS) is 25.8. The van der Waals surface area contributed by atoms with Gasteiger partial charge in [0, 0.05) is 34.8 Å². The molecule has 0 amide bonds. The lowest BCUT2D eigenvalue weighted by atomic mass is 10.1. The van der Waals surface area contributed by atoms with Gasteiger partial charge in [-0.1, -0.05) is 6.92 Å². The van der Waals surface area contributed by atoms with Gasteiger partial charge in [0.15, 0.2) is 4.77 Å². The first-order valence-electron chi connectivity index (χ1n) is 5.73. The number of nitrogens with one attached hydrogen (secondary N) is 1. The third-order valence-corrected chi connectivity index (χ3v) is 4.64. The van der Waals surface area contributed by atoms with Crippen LogP contribution >= 0.6 is 12.2 Å². The molecule has 0 spiro atoms. The molecule has 1 aliphatic rings. The summed E-state index contributed by atoms with van der Waals surface area (Å²) in [5.74, 6) is 2.64. The average molecular weight is 259 g/mol. The van der Waals surface area contributed by atoms with Crippen molar-refractivity contribution < 1.29 is 4.21 Å². The molecular formula is C10H17N3OS2. The van der Waals surface area contributed by atoms with Crippen LogP contribution in [0.5, 0.6) is 0 Å². The second-order valence-electron chi connectivity index (χ2n) is 4.14. The van der Waals surface area contributed by atoms with Crippen LogP contribution < -0.4 is 0 Å². The van der Waals surface area contributed by atoms with E-state index in [9.17, 15) is 4.21 Å². The maximum atomic E-state index is 11.3. The third kappa shape index (κ3) is 2.43. The summed E-state index contributed by atoms with van der Waals surface area (Å²) >= 11 is 5.27. The van der Waals surface area contributed by atoms with Crippen LogP contribution in [-0.4, -0.2) is 30.5 Å². The molecule has 2 heterocycles. The van der Waals surface area contributed by atoms with Gasteiger partial charge in [-0.3, -0.25) is 9.31 Å². The fourth-order valence-corrected chi connectivity index (χ4v) is 3.73. The van der Waals surface area contributed by atoms with Crippen molar-refractivity contribution in [2.45, 2.75) is 38.6 Å². The minimum absolute atomic E-state index is 0.394. The number of aromatic amines is 1. The Morgan fingerprint density at radius 3 is 2.88 bits per heavy atom. The Balaban J connectivity index is 2.21. The zero-order valence-corrected chi connectivity index (χ0v) is 11.1. The van der Waals surface area contributed by atoms with Gasteiger partial charge in [0.2, 0.25) is 0 Å². The molecule has 0 aromatic carbocycles. The molecule has 1 aromatic rings. The number of nitrogens with zero attached hydrogens (tertiary/aromatic N) is 2. The second kappa shape index (κ2) is 5.23. The summed E-state index contributed by atoms with van der Waals surface area (Å²) in [6.45, 7) is 2.14. The highest BCUT2D eigenvalue weighted by Crippen LogP contribution is 2.24. The molecule has 1 aliphatic heterocycles. The highest BCUT2D eigenvalue weighted by molar-refractivity contribution is 7.85. The average Bonchev–Trinajstić information content (AvgIpc) is 2.62. The van der Waals surface area contributed by atoms with Gasteiger partial charge in [-0.2, -0.15) is 5.10 Å². The zero-order valence-electron chi connectivity index (χ0n) is 9.44. The highest BCUT2D eigenvalue weighted by Gasteiger charge is 2.22. The SMILES string of the molecule is CCCc1n[nH]c(=S)n1C1CCS(=O)CC1. The number of rotatable bonds is 3. The molecule has 1 N–H and O–H groups in total. The fraction of sp³-hybridized carbons (Fsp3) is 0.800. The lowest BCUT2D eigenvalue weighted by Crippen LogP contribution is -2.23. The van der Waals surface area contributed by atoms with E-state index < -0.39 is 10.8 Å². The Kier molecular flexibility index (Phi) is 3.91. The van der Waals surface area contributed by atoms with Gasteiger partial charge in [-0.15, -0.1) is 0 Å². The van der Waals surface area contributed by atoms with E-state index in [2.05, 4.69) is 21.7 Å². The molecule has 6 heteroatoms. The molecule has 4 nitrogen and oxygen atoms in total. The van der Waals surface area contributed by atoms with Crippen LogP contribution in [0.1, 0.15) is 38.1 Å². The Hall–Kier alpha value is -0.490. The minimum Gasteiger partial charge on any atom is -0.301 e. The van der Waals surface area contributed by atoms with Gasteiger partial charge in [0.1, 0.15) is 5.82 Å². The van der Waals surface area contributed by atoms with Crippen LogP contribution in [0.15, 0.2) is 0 Å². The van der Waals surface area contributed by atoms with Gasteiger partial charge < -0.3 is 4.57 Å². The summed E-state index contributed by atoms with van der Waals surface area (Å²) in [6.07, 6.45) is 3.93. The van der Waals surface area contributed by atoms with E-state index in [1.165, 1.54) is 0 Å². The first-order valence-corrected chi connectivity index (χ1v) is 7.62. The second-order valence-corrected chi connectivity index (χ2v) is 6.23. The topological polar surface area (TPSA) is 50.7 Å². The molecule has 1 fully saturated rings. The number of aryl methyl sites for hydroxylation is 1.